The highest BCUT2D eigenvalue weighted by atomic mass is 32.2. The van der Waals surface area contributed by atoms with Gasteiger partial charge in [0.15, 0.2) is 5.17 Å². The summed E-state index contributed by atoms with van der Waals surface area (Å²) in [7, 11) is 1.70. The number of amides is 1. The molecular formula is C33H36N2O4S. The lowest BCUT2D eigenvalue weighted by molar-refractivity contribution is -0.136. The molecule has 0 saturated carbocycles. The molecule has 1 fully saturated rings. The van der Waals surface area contributed by atoms with Crippen molar-refractivity contribution in [1.29, 1.82) is 0 Å². The van der Waals surface area contributed by atoms with Crippen molar-refractivity contribution in [1.82, 2.24) is 4.90 Å². The molecule has 0 bridgehead atoms. The van der Waals surface area contributed by atoms with Gasteiger partial charge in [0, 0.05) is 7.05 Å². The second kappa shape index (κ2) is 13.5. The van der Waals surface area contributed by atoms with Gasteiger partial charge in [-0.3, -0.25) is 14.5 Å². The molecule has 1 saturated heterocycles. The zero-order chi connectivity index (χ0) is 28.6. The van der Waals surface area contributed by atoms with E-state index in [1.807, 2.05) is 30.3 Å². The first-order valence-corrected chi connectivity index (χ1v) is 14.5. The number of carboxylic acids is 1. The van der Waals surface area contributed by atoms with Crippen molar-refractivity contribution in [3.63, 3.8) is 0 Å². The summed E-state index contributed by atoms with van der Waals surface area (Å²) >= 11 is 1.32. The van der Waals surface area contributed by atoms with Crippen LogP contribution in [0.15, 0.2) is 82.7 Å². The van der Waals surface area contributed by atoms with Crippen LogP contribution in [0, 0.1) is 5.92 Å². The SMILES string of the molecule is CCCC(Oc1ccc(C=C2SC(=Nc3ccc(CC(=O)O)cc3)N(C)C2=O)cc1)c1ccc(CC(C)C)cc1. The summed E-state index contributed by atoms with van der Waals surface area (Å²) in [4.78, 5) is 30.5. The Labute approximate surface area is 240 Å². The molecule has 1 aliphatic rings. The number of thioether (sulfide) groups is 1. The molecule has 0 spiro atoms. The maximum absolute atomic E-state index is 12.9. The van der Waals surface area contributed by atoms with Crippen LogP contribution in [0.1, 0.15) is 62.0 Å². The number of carboxylic acid groups (broad SMARTS) is 1. The van der Waals surface area contributed by atoms with Gasteiger partial charge in [0.1, 0.15) is 11.9 Å². The van der Waals surface area contributed by atoms with E-state index in [2.05, 4.69) is 50.0 Å². The molecule has 1 N–H and O–H groups in total. The number of carbonyl (C=O) groups is 2. The zero-order valence-electron chi connectivity index (χ0n) is 23.5. The summed E-state index contributed by atoms with van der Waals surface area (Å²) in [5.41, 5.74) is 4.79. The molecule has 3 aromatic carbocycles. The summed E-state index contributed by atoms with van der Waals surface area (Å²) in [6.45, 7) is 6.63. The zero-order valence-corrected chi connectivity index (χ0v) is 24.3. The van der Waals surface area contributed by atoms with Gasteiger partial charge in [0.25, 0.3) is 5.91 Å². The predicted molar refractivity (Wildman–Crippen MR) is 163 cm³/mol. The van der Waals surface area contributed by atoms with Crippen LogP contribution in [0.4, 0.5) is 5.69 Å². The van der Waals surface area contributed by atoms with E-state index in [1.54, 1.807) is 31.3 Å². The summed E-state index contributed by atoms with van der Waals surface area (Å²) in [5, 5.41) is 9.52. The average Bonchev–Trinajstić information content (AvgIpc) is 3.18. The van der Waals surface area contributed by atoms with Gasteiger partial charge in [-0.15, -0.1) is 0 Å². The number of hydrogen-bond acceptors (Lipinski definition) is 5. The van der Waals surface area contributed by atoms with Gasteiger partial charge < -0.3 is 9.84 Å². The topological polar surface area (TPSA) is 79.2 Å². The Morgan fingerprint density at radius 2 is 1.65 bits per heavy atom. The highest BCUT2D eigenvalue weighted by Gasteiger charge is 2.30. The highest BCUT2D eigenvalue weighted by Crippen LogP contribution is 2.34. The van der Waals surface area contributed by atoms with Crippen LogP contribution < -0.4 is 4.74 Å². The maximum Gasteiger partial charge on any atom is 0.307 e. The van der Waals surface area contributed by atoms with E-state index in [0.29, 0.717) is 27.2 Å². The molecule has 1 amide bonds. The number of aliphatic imine (C=N–C) groups is 1. The summed E-state index contributed by atoms with van der Waals surface area (Å²) < 4.78 is 6.39. The van der Waals surface area contributed by atoms with E-state index in [4.69, 9.17) is 9.84 Å². The standard InChI is InChI=1S/C33H36N2O4S/c1-5-6-29(26-13-7-23(8-14-26)19-22(2)3)39-28-17-11-24(12-18-28)20-30-32(38)35(4)33(40-30)34-27-15-9-25(10-16-27)21-31(36)37/h7-18,20,22,29H,5-6,19,21H2,1-4H3,(H,36,37). The van der Waals surface area contributed by atoms with Crippen LogP contribution in [0.25, 0.3) is 6.08 Å². The van der Waals surface area contributed by atoms with Crippen LogP contribution in [-0.4, -0.2) is 34.1 Å². The fraction of sp³-hybridized carbons (Fsp3) is 0.303. The summed E-state index contributed by atoms with van der Waals surface area (Å²) in [5.74, 6) is 0.430. The Bertz CT molecular complexity index is 1380. The van der Waals surface area contributed by atoms with Gasteiger partial charge in [0.05, 0.1) is 17.0 Å². The summed E-state index contributed by atoms with van der Waals surface area (Å²) in [6, 6.07) is 23.6. The predicted octanol–water partition coefficient (Wildman–Crippen LogP) is 7.67. The van der Waals surface area contributed by atoms with Crippen LogP contribution in [0.3, 0.4) is 0 Å². The monoisotopic (exact) mass is 556 g/mol. The third-order valence-electron chi connectivity index (χ3n) is 6.52. The maximum atomic E-state index is 12.9. The number of amidine groups is 1. The molecule has 40 heavy (non-hydrogen) atoms. The number of rotatable bonds is 11. The highest BCUT2D eigenvalue weighted by molar-refractivity contribution is 8.18. The fourth-order valence-corrected chi connectivity index (χ4v) is 5.47. The van der Waals surface area contributed by atoms with Crippen molar-refractivity contribution in [3.8, 4) is 5.75 Å². The smallest absolute Gasteiger partial charge is 0.307 e. The molecule has 0 aliphatic carbocycles. The van der Waals surface area contributed by atoms with E-state index in [1.165, 1.54) is 27.8 Å². The lowest BCUT2D eigenvalue weighted by Crippen LogP contribution is -2.23. The summed E-state index contributed by atoms with van der Waals surface area (Å²) in [6.07, 6.45) is 4.83. The lowest BCUT2D eigenvalue weighted by atomic mass is 9.99. The van der Waals surface area contributed by atoms with Crippen molar-refractivity contribution in [2.75, 3.05) is 7.05 Å². The van der Waals surface area contributed by atoms with Gasteiger partial charge in [-0.25, -0.2) is 4.99 Å². The number of carbonyl (C=O) groups excluding carboxylic acids is 1. The molecule has 6 nitrogen and oxygen atoms in total. The van der Waals surface area contributed by atoms with Gasteiger partial charge in [0.2, 0.25) is 0 Å². The number of hydrogen-bond donors (Lipinski definition) is 1. The van der Waals surface area contributed by atoms with Gasteiger partial charge >= 0.3 is 5.97 Å². The molecule has 3 aromatic rings. The van der Waals surface area contributed by atoms with Crippen LogP contribution in [0.5, 0.6) is 5.75 Å². The minimum Gasteiger partial charge on any atom is -0.486 e. The molecule has 4 rings (SSSR count). The van der Waals surface area contributed by atoms with Gasteiger partial charge in [-0.05, 0) is 83.1 Å². The Balaban J connectivity index is 1.43. The number of aliphatic carboxylic acids is 1. The molecule has 1 heterocycles. The second-order valence-electron chi connectivity index (χ2n) is 10.4. The number of benzene rings is 3. The molecule has 1 aliphatic heterocycles. The van der Waals surface area contributed by atoms with Crippen molar-refractivity contribution in [2.45, 2.75) is 52.6 Å². The van der Waals surface area contributed by atoms with E-state index < -0.39 is 5.97 Å². The molecule has 0 aromatic heterocycles. The van der Waals surface area contributed by atoms with Gasteiger partial charge in [-0.1, -0.05) is 75.7 Å². The minimum atomic E-state index is -0.877. The normalized spacial score (nSPS) is 16.2. The second-order valence-corrected chi connectivity index (χ2v) is 11.4. The average molecular weight is 557 g/mol. The molecule has 1 unspecified atom stereocenters. The largest absolute Gasteiger partial charge is 0.486 e. The van der Waals surface area contributed by atoms with E-state index in [0.717, 1.165) is 30.6 Å². The Morgan fingerprint density at radius 3 is 2.25 bits per heavy atom. The van der Waals surface area contributed by atoms with E-state index in [9.17, 15) is 9.59 Å². The number of ether oxygens (including phenoxy) is 1. The van der Waals surface area contributed by atoms with Crippen molar-refractivity contribution in [3.05, 3.63) is 100.0 Å². The fourth-order valence-electron chi connectivity index (χ4n) is 4.48. The molecule has 1 atom stereocenters. The lowest BCUT2D eigenvalue weighted by Gasteiger charge is -2.20. The van der Waals surface area contributed by atoms with Crippen molar-refractivity contribution >= 4 is 40.6 Å². The minimum absolute atomic E-state index is 0.0140. The quantitative estimate of drug-likeness (QED) is 0.245. The Morgan fingerprint density at radius 1 is 1.00 bits per heavy atom. The molecule has 7 heteroatoms. The first-order chi connectivity index (χ1) is 19.2. The first-order valence-electron chi connectivity index (χ1n) is 13.6. The van der Waals surface area contributed by atoms with E-state index in [-0.39, 0.29) is 18.4 Å². The number of likely N-dealkylation sites (N-methyl/N-ethyl adjacent to an activating group) is 1. The van der Waals surface area contributed by atoms with Gasteiger partial charge in [-0.2, -0.15) is 0 Å². The van der Waals surface area contributed by atoms with Crippen LogP contribution >= 0.6 is 11.8 Å². The van der Waals surface area contributed by atoms with Crippen LogP contribution in [0.2, 0.25) is 0 Å². The van der Waals surface area contributed by atoms with Crippen molar-refractivity contribution in [2.24, 2.45) is 10.9 Å². The number of nitrogens with zero attached hydrogens (tertiary/aromatic N) is 2. The van der Waals surface area contributed by atoms with Crippen molar-refractivity contribution < 1.29 is 19.4 Å². The third-order valence-corrected chi connectivity index (χ3v) is 7.58. The molecule has 0 radical (unpaired) electrons. The molecular weight excluding hydrogens is 520 g/mol. The first kappa shape index (κ1) is 29.2. The third kappa shape index (κ3) is 7.85. The van der Waals surface area contributed by atoms with E-state index >= 15 is 0 Å². The Hall–Kier alpha value is -3.84. The molecule has 208 valence electrons. The Kier molecular flexibility index (Phi) is 9.83. The van der Waals surface area contributed by atoms with Crippen LogP contribution in [-0.2, 0) is 22.4 Å².